The number of aromatic nitrogens is 6. The van der Waals surface area contributed by atoms with E-state index < -0.39 is 34.6 Å². The third kappa shape index (κ3) is 5.09. The molecule has 12 heteroatoms. The average molecular weight is 756 g/mol. The first kappa shape index (κ1) is 33.8. The van der Waals surface area contributed by atoms with Gasteiger partial charge in [0.25, 0.3) is 0 Å². The van der Waals surface area contributed by atoms with E-state index in [0.717, 1.165) is 21.5 Å². The van der Waals surface area contributed by atoms with E-state index in [1.54, 1.807) is 58.2 Å². The molecule has 0 aliphatic carbocycles. The molecular formula is C45H22F5N7. The zero-order chi connectivity index (χ0) is 38.9. The summed E-state index contributed by atoms with van der Waals surface area (Å²) in [7, 11) is 0. The Morgan fingerprint density at radius 2 is 0.825 bits per heavy atom. The molecule has 0 unspecified atom stereocenters. The van der Waals surface area contributed by atoms with E-state index in [4.69, 9.17) is 0 Å². The number of halogens is 5. The normalized spacial score (nSPS) is 11.6. The van der Waals surface area contributed by atoms with Crippen LogP contribution < -0.4 is 0 Å². The van der Waals surface area contributed by atoms with Crippen LogP contribution in [-0.2, 0) is 0 Å². The van der Waals surface area contributed by atoms with Crippen LogP contribution in [0.2, 0.25) is 0 Å². The number of benzene rings is 6. The van der Waals surface area contributed by atoms with Crippen molar-refractivity contribution in [2.75, 3.05) is 0 Å². The molecule has 0 spiro atoms. The van der Waals surface area contributed by atoms with E-state index in [0.29, 0.717) is 44.8 Å². The highest BCUT2D eigenvalue weighted by atomic mass is 19.2. The Hall–Kier alpha value is -7.78. The first-order chi connectivity index (χ1) is 27.8. The van der Waals surface area contributed by atoms with Crippen molar-refractivity contribution in [2.45, 2.75) is 0 Å². The predicted molar refractivity (Wildman–Crippen MR) is 207 cm³/mol. The fraction of sp³-hybridized carbons (Fsp3) is 0. The molecule has 0 fully saturated rings. The largest absolute Gasteiger partial charge is 0.308 e. The molecule has 57 heavy (non-hydrogen) atoms. The molecule has 0 saturated carbocycles. The molecule has 6 aromatic carbocycles. The number of hydrogen-bond donors (Lipinski definition) is 0. The van der Waals surface area contributed by atoms with E-state index in [9.17, 15) is 9.65 Å². The second-order valence-electron chi connectivity index (χ2n) is 13.3. The highest BCUT2D eigenvalue weighted by molar-refractivity contribution is 6.12. The van der Waals surface area contributed by atoms with Gasteiger partial charge in [-0.15, -0.1) is 0 Å². The van der Waals surface area contributed by atoms with Gasteiger partial charge in [0, 0.05) is 57.5 Å². The van der Waals surface area contributed by atoms with Gasteiger partial charge in [-0.1, -0.05) is 60.7 Å². The van der Waals surface area contributed by atoms with Gasteiger partial charge in [0.1, 0.15) is 11.6 Å². The maximum atomic E-state index is 15.9. The fourth-order valence-electron chi connectivity index (χ4n) is 7.72. The molecule has 272 valence electrons. The molecule has 0 saturated heterocycles. The summed E-state index contributed by atoms with van der Waals surface area (Å²) in [6.45, 7) is 0. The molecule has 10 rings (SSSR count). The number of para-hydroxylation sites is 2. The Balaban J connectivity index is 1.38. The molecule has 4 heterocycles. The summed E-state index contributed by atoms with van der Waals surface area (Å²) in [4.78, 5) is 17.6. The van der Waals surface area contributed by atoms with Gasteiger partial charge >= 0.3 is 0 Å². The van der Waals surface area contributed by atoms with Crippen LogP contribution in [0.4, 0.5) is 22.0 Å². The first-order valence-electron chi connectivity index (χ1n) is 17.6. The van der Waals surface area contributed by atoms with Crippen LogP contribution in [0.25, 0.3) is 88.9 Å². The van der Waals surface area contributed by atoms with Gasteiger partial charge in [-0.05, 0) is 54.1 Å². The lowest BCUT2D eigenvalue weighted by Crippen LogP contribution is -2.08. The van der Waals surface area contributed by atoms with Gasteiger partial charge in [-0.25, -0.2) is 41.9 Å². The number of fused-ring (bicyclic) bond motifs is 6. The van der Waals surface area contributed by atoms with Crippen molar-refractivity contribution in [3.63, 3.8) is 0 Å². The molecular weight excluding hydrogens is 734 g/mol. The molecule has 0 atom stereocenters. The number of hydrogen-bond acceptors (Lipinski definition) is 5. The van der Waals surface area contributed by atoms with Crippen molar-refractivity contribution in [2.24, 2.45) is 0 Å². The quantitative estimate of drug-likeness (QED) is 0.0992. The first-order valence-corrected chi connectivity index (χ1v) is 17.6. The summed E-state index contributed by atoms with van der Waals surface area (Å²) in [5.74, 6) is -9.63. The van der Waals surface area contributed by atoms with Crippen molar-refractivity contribution >= 4 is 43.6 Å². The molecule has 0 bridgehead atoms. The van der Waals surface area contributed by atoms with E-state index in [1.807, 2.05) is 72.8 Å². The highest BCUT2D eigenvalue weighted by Gasteiger charge is 2.30. The molecule has 10 aromatic rings. The lowest BCUT2D eigenvalue weighted by atomic mass is 9.98. The second kappa shape index (κ2) is 12.9. The Morgan fingerprint density at radius 3 is 1.26 bits per heavy atom. The number of nitriles is 1. The summed E-state index contributed by atoms with van der Waals surface area (Å²) in [6, 6.07) is 34.2. The van der Waals surface area contributed by atoms with Crippen LogP contribution in [0.1, 0.15) is 5.56 Å². The van der Waals surface area contributed by atoms with E-state index in [1.165, 1.54) is 12.1 Å². The van der Waals surface area contributed by atoms with E-state index in [2.05, 4.69) is 26.0 Å². The van der Waals surface area contributed by atoms with E-state index in [-0.39, 0.29) is 22.5 Å². The van der Waals surface area contributed by atoms with Crippen molar-refractivity contribution in [3.8, 4) is 51.3 Å². The minimum Gasteiger partial charge on any atom is -0.308 e. The second-order valence-corrected chi connectivity index (χ2v) is 13.3. The van der Waals surface area contributed by atoms with Gasteiger partial charge in [0.05, 0.1) is 39.0 Å². The fourth-order valence-corrected chi connectivity index (χ4v) is 7.72. The molecule has 0 radical (unpaired) electrons. The van der Waals surface area contributed by atoms with E-state index >= 15 is 17.6 Å². The Labute approximate surface area is 319 Å². The molecule has 0 N–H and O–H groups in total. The van der Waals surface area contributed by atoms with Crippen LogP contribution in [0.3, 0.4) is 0 Å². The maximum absolute atomic E-state index is 15.9. The maximum Gasteiger partial charge on any atom is 0.200 e. The van der Waals surface area contributed by atoms with Crippen LogP contribution in [0.15, 0.2) is 134 Å². The Morgan fingerprint density at radius 1 is 0.421 bits per heavy atom. The van der Waals surface area contributed by atoms with Crippen molar-refractivity contribution in [3.05, 3.63) is 169 Å². The molecule has 0 aliphatic rings. The topological polar surface area (TPSA) is 85.2 Å². The van der Waals surface area contributed by atoms with Crippen molar-refractivity contribution in [1.82, 2.24) is 29.1 Å². The molecule has 0 aliphatic heterocycles. The SMILES string of the molecule is N#Cc1c(-n2c3ccccc3c3ccc(-c4ncccn4)cc32)cc(-c2c(F)c(F)c(F)c(F)c2F)cc1-n1c2ccccc2c2ccc(-c3ncccn3)cc21. The van der Waals surface area contributed by atoms with Crippen molar-refractivity contribution < 1.29 is 22.0 Å². The van der Waals surface area contributed by atoms with Crippen LogP contribution in [-0.4, -0.2) is 29.1 Å². The van der Waals surface area contributed by atoms with Gasteiger partial charge in [0.2, 0.25) is 5.82 Å². The average Bonchev–Trinajstić information content (AvgIpc) is 3.77. The van der Waals surface area contributed by atoms with Crippen molar-refractivity contribution in [1.29, 1.82) is 5.26 Å². The summed E-state index contributed by atoms with van der Waals surface area (Å²) in [6.07, 6.45) is 6.43. The summed E-state index contributed by atoms with van der Waals surface area (Å²) in [5.41, 5.74) is 2.45. The van der Waals surface area contributed by atoms with Crippen LogP contribution in [0.5, 0.6) is 0 Å². The predicted octanol–water partition coefficient (Wildman–Crippen LogP) is 11.0. The number of rotatable bonds is 5. The summed E-state index contributed by atoms with van der Waals surface area (Å²) >= 11 is 0. The third-order valence-electron chi connectivity index (χ3n) is 10.2. The third-order valence-corrected chi connectivity index (χ3v) is 10.2. The van der Waals surface area contributed by atoms with Gasteiger partial charge in [0.15, 0.2) is 34.9 Å². The minimum atomic E-state index is -2.28. The highest BCUT2D eigenvalue weighted by Crippen LogP contribution is 2.42. The minimum absolute atomic E-state index is 0.0515. The van der Waals surface area contributed by atoms with Crippen LogP contribution in [0, 0.1) is 40.4 Å². The zero-order valence-electron chi connectivity index (χ0n) is 29.2. The standard InChI is InChI=1S/C45H22F5N7/c46-39-38(40(47)42(49)43(50)41(39)48)26-21-36(56-32-9-3-1-7-27(32)29-13-11-24(19-34(29)56)44-52-15-5-16-53-44)31(23-51)37(22-26)57-33-10-4-2-8-28(33)30-14-12-25(20-35(30)57)45-54-17-6-18-55-45/h1-22H. The smallest absolute Gasteiger partial charge is 0.200 e. The summed E-state index contributed by atoms with van der Waals surface area (Å²) < 4.78 is 79.7. The van der Waals surface area contributed by atoms with Gasteiger partial charge in [-0.2, -0.15) is 5.26 Å². The number of nitrogens with zero attached hydrogens (tertiary/aromatic N) is 7. The van der Waals surface area contributed by atoms with Gasteiger partial charge < -0.3 is 9.13 Å². The zero-order valence-corrected chi connectivity index (χ0v) is 29.2. The van der Waals surface area contributed by atoms with Crippen LogP contribution >= 0.6 is 0 Å². The monoisotopic (exact) mass is 755 g/mol. The lowest BCUT2D eigenvalue weighted by molar-refractivity contribution is 0.381. The molecule has 7 nitrogen and oxygen atoms in total. The van der Waals surface area contributed by atoms with Gasteiger partial charge in [-0.3, -0.25) is 0 Å². The molecule has 0 amide bonds. The Bertz CT molecular complexity index is 3110. The summed E-state index contributed by atoms with van der Waals surface area (Å²) in [5, 5.41) is 14.3. The molecule has 4 aromatic heterocycles. The Kier molecular flexibility index (Phi) is 7.65. The lowest BCUT2D eigenvalue weighted by Gasteiger charge is -2.19.